The van der Waals surface area contributed by atoms with Crippen LogP contribution in [0.5, 0.6) is 0 Å². The summed E-state index contributed by atoms with van der Waals surface area (Å²) in [4.78, 5) is 1.25. The van der Waals surface area contributed by atoms with Crippen LogP contribution in [0.25, 0.3) is 0 Å². The van der Waals surface area contributed by atoms with Crippen molar-refractivity contribution in [3.63, 3.8) is 0 Å². The van der Waals surface area contributed by atoms with Gasteiger partial charge in [0, 0.05) is 16.7 Å². The van der Waals surface area contributed by atoms with E-state index in [2.05, 4.69) is 24.1 Å². The standard InChI is InChI=1S/C10H14N2S/c1-2-9(12-11)8-13-10-6-4-3-5-7-10/h2-7,9,12H,1,8,11H2. The van der Waals surface area contributed by atoms with Gasteiger partial charge >= 0.3 is 0 Å². The molecule has 0 amide bonds. The smallest absolute Gasteiger partial charge is 0.0481 e. The topological polar surface area (TPSA) is 38.0 Å². The SMILES string of the molecule is C=CC(CSc1ccccc1)NN. The summed E-state index contributed by atoms with van der Waals surface area (Å²) < 4.78 is 0. The Kier molecular flexibility index (Phi) is 4.60. The van der Waals surface area contributed by atoms with Gasteiger partial charge in [0.1, 0.15) is 0 Å². The first-order valence-electron chi connectivity index (χ1n) is 4.13. The Morgan fingerprint density at radius 3 is 2.69 bits per heavy atom. The summed E-state index contributed by atoms with van der Waals surface area (Å²) in [5, 5.41) is 0. The zero-order chi connectivity index (χ0) is 9.52. The number of nitrogens with two attached hydrogens (primary N) is 1. The number of hydrogen-bond acceptors (Lipinski definition) is 3. The van der Waals surface area contributed by atoms with Gasteiger partial charge in [-0.1, -0.05) is 24.3 Å². The average Bonchev–Trinajstić information content (AvgIpc) is 2.21. The van der Waals surface area contributed by atoms with Crippen molar-refractivity contribution in [1.29, 1.82) is 0 Å². The molecular weight excluding hydrogens is 180 g/mol. The molecule has 1 atom stereocenters. The molecule has 0 aliphatic rings. The van der Waals surface area contributed by atoms with Crippen molar-refractivity contribution in [3.8, 4) is 0 Å². The van der Waals surface area contributed by atoms with Crippen LogP contribution in [0.15, 0.2) is 47.9 Å². The van der Waals surface area contributed by atoms with Crippen molar-refractivity contribution in [1.82, 2.24) is 5.43 Å². The van der Waals surface area contributed by atoms with Crippen molar-refractivity contribution in [2.75, 3.05) is 5.75 Å². The molecule has 0 bridgehead atoms. The van der Waals surface area contributed by atoms with E-state index in [0.717, 1.165) is 5.75 Å². The molecule has 13 heavy (non-hydrogen) atoms. The molecule has 3 N–H and O–H groups in total. The second-order valence-electron chi connectivity index (χ2n) is 2.63. The molecule has 0 fully saturated rings. The van der Waals surface area contributed by atoms with Gasteiger partial charge in [-0.25, -0.2) is 0 Å². The molecule has 0 saturated carbocycles. The molecule has 0 heterocycles. The van der Waals surface area contributed by atoms with Crippen LogP contribution in [0.3, 0.4) is 0 Å². The number of hydrogen-bond donors (Lipinski definition) is 2. The highest BCUT2D eigenvalue weighted by Crippen LogP contribution is 2.17. The van der Waals surface area contributed by atoms with Crippen molar-refractivity contribution in [2.24, 2.45) is 5.84 Å². The minimum Gasteiger partial charge on any atom is -0.271 e. The minimum absolute atomic E-state index is 0.171. The molecule has 0 spiro atoms. The Balaban J connectivity index is 2.38. The second kappa shape index (κ2) is 5.80. The first kappa shape index (κ1) is 10.3. The first-order chi connectivity index (χ1) is 6.36. The predicted octanol–water partition coefficient (Wildman–Crippen LogP) is 1.80. The van der Waals surface area contributed by atoms with Gasteiger partial charge in [-0.15, -0.1) is 18.3 Å². The zero-order valence-corrected chi connectivity index (χ0v) is 8.26. The van der Waals surface area contributed by atoms with Gasteiger partial charge in [-0.3, -0.25) is 11.3 Å². The molecule has 1 aromatic rings. The fourth-order valence-electron chi connectivity index (χ4n) is 0.887. The van der Waals surface area contributed by atoms with Crippen LogP contribution in [0.2, 0.25) is 0 Å². The highest BCUT2D eigenvalue weighted by atomic mass is 32.2. The summed E-state index contributed by atoms with van der Waals surface area (Å²) in [7, 11) is 0. The van der Waals surface area contributed by atoms with E-state index in [4.69, 9.17) is 5.84 Å². The maximum Gasteiger partial charge on any atom is 0.0481 e. The van der Waals surface area contributed by atoms with Crippen LogP contribution in [-0.2, 0) is 0 Å². The molecule has 0 aromatic heterocycles. The zero-order valence-electron chi connectivity index (χ0n) is 7.44. The first-order valence-corrected chi connectivity index (χ1v) is 5.12. The quantitative estimate of drug-likeness (QED) is 0.325. The number of hydrazine groups is 1. The lowest BCUT2D eigenvalue weighted by Gasteiger charge is -2.09. The van der Waals surface area contributed by atoms with Crippen molar-refractivity contribution < 1.29 is 0 Å². The molecule has 70 valence electrons. The second-order valence-corrected chi connectivity index (χ2v) is 3.73. The Morgan fingerprint density at radius 1 is 1.46 bits per heavy atom. The van der Waals surface area contributed by atoms with Gasteiger partial charge in [0.25, 0.3) is 0 Å². The van der Waals surface area contributed by atoms with Crippen LogP contribution in [0.4, 0.5) is 0 Å². The molecule has 0 aliphatic carbocycles. The van der Waals surface area contributed by atoms with Gasteiger partial charge in [-0.05, 0) is 12.1 Å². The van der Waals surface area contributed by atoms with E-state index in [1.807, 2.05) is 24.3 Å². The summed E-state index contributed by atoms with van der Waals surface area (Å²) in [6, 6.07) is 10.4. The Labute approximate surface area is 83.2 Å². The average molecular weight is 194 g/mol. The van der Waals surface area contributed by atoms with E-state index in [9.17, 15) is 0 Å². The number of nitrogens with one attached hydrogen (secondary N) is 1. The van der Waals surface area contributed by atoms with Gasteiger partial charge < -0.3 is 0 Å². The van der Waals surface area contributed by atoms with E-state index in [0.29, 0.717) is 0 Å². The number of thioether (sulfide) groups is 1. The van der Waals surface area contributed by atoms with E-state index in [-0.39, 0.29) is 6.04 Å². The van der Waals surface area contributed by atoms with Gasteiger partial charge in [0.05, 0.1) is 0 Å². The molecule has 0 saturated heterocycles. The highest BCUT2D eigenvalue weighted by Gasteiger charge is 2.00. The largest absolute Gasteiger partial charge is 0.271 e. The Bertz CT molecular complexity index is 248. The van der Waals surface area contributed by atoms with Gasteiger partial charge in [-0.2, -0.15) is 0 Å². The summed E-state index contributed by atoms with van der Waals surface area (Å²) >= 11 is 1.76. The normalized spacial score (nSPS) is 12.4. The third-order valence-electron chi connectivity index (χ3n) is 1.67. The molecule has 2 nitrogen and oxygen atoms in total. The van der Waals surface area contributed by atoms with Crippen LogP contribution >= 0.6 is 11.8 Å². The van der Waals surface area contributed by atoms with E-state index >= 15 is 0 Å². The van der Waals surface area contributed by atoms with Crippen LogP contribution < -0.4 is 11.3 Å². The maximum absolute atomic E-state index is 5.31. The Hall–Kier alpha value is -0.770. The van der Waals surface area contributed by atoms with Gasteiger partial charge in [0.15, 0.2) is 0 Å². The lowest BCUT2D eigenvalue weighted by Crippen LogP contribution is -2.35. The number of benzene rings is 1. The van der Waals surface area contributed by atoms with E-state index < -0.39 is 0 Å². The number of rotatable bonds is 5. The Morgan fingerprint density at radius 2 is 2.15 bits per heavy atom. The highest BCUT2D eigenvalue weighted by molar-refractivity contribution is 7.99. The molecule has 1 rings (SSSR count). The summed E-state index contributed by atoms with van der Waals surface area (Å²) in [6.07, 6.45) is 1.82. The lowest BCUT2D eigenvalue weighted by molar-refractivity contribution is 0.678. The van der Waals surface area contributed by atoms with Crippen molar-refractivity contribution in [3.05, 3.63) is 43.0 Å². The fraction of sp³-hybridized carbons (Fsp3) is 0.200. The monoisotopic (exact) mass is 194 g/mol. The molecule has 0 aliphatic heterocycles. The minimum atomic E-state index is 0.171. The molecule has 1 unspecified atom stereocenters. The third kappa shape index (κ3) is 3.63. The van der Waals surface area contributed by atoms with E-state index in [1.54, 1.807) is 11.8 Å². The van der Waals surface area contributed by atoms with Crippen molar-refractivity contribution in [2.45, 2.75) is 10.9 Å². The molecule has 3 heteroatoms. The van der Waals surface area contributed by atoms with Gasteiger partial charge in [0.2, 0.25) is 0 Å². The lowest BCUT2D eigenvalue weighted by atomic mass is 10.4. The predicted molar refractivity (Wildman–Crippen MR) is 58.5 cm³/mol. The van der Waals surface area contributed by atoms with Crippen LogP contribution in [0, 0.1) is 0 Å². The summed E-state index contributed by atoms with van der Waals surface area (Å²) in [5.41, 5.74) is 2.68. The summed E-state index contributed by atoms with van der Waals surface area (Å²) in [5.74, 6) is 6.22. The fourth-order valence-corrected chi connectivity index (χ4v) is 1.84. The third-order valence-corrected chi connectivity index (χ3v) is 2.80. The molecule has 1 aromatic carbocycles. The maximum atomic E-state index is 5.31. The summed E-state index contributed by atoms with van der Waals surface area (Å²) in [6.45, 7) is 3.69. The van der Waals surface area contributed by atoms with Crippen LogP contribution in [0.1, 0.15) is 0 Å². The molecule has 0 radical (unpaired) electrons. The van der Waals surface area contributed by atoms with Crippen molar-refractivity contribution >= 4 is 11.8 Å². The van der Waals surface area contributed by atoms with Crippen LogP contribution in [-0.4, -0.2) is 11.8 Å². The van der Waals surface area contributed by atoms with E-state index in [1.165, 1.54) is 4.90 Å². The molecular formula is C10H14N2S.